The first-order valence-corrected chi connectivity index (χ1v) is 12.2. The molecule has 2 fully saturated rings. The van der Waals surface area contributed by atoms with E-state index in [0.29, 0.717) is 11.7 Å². The molecule has 0 spiro atoms. The van der Waals surface area contributed by atoms with Crippen LogP contribution in [0.5, 0.6) is 0 Å². The van der Waals surface area contributed by atoms with Gasteiger partial charge in [-0.25, -0.2) is 0 Å². The van der Waals surface area contributed by atoms with Crippen LogP contribution in [-0.2, 0) is 5.75 Å². The average molecular weight is 428 g/mol. The van der Waals surface area contributed by atoms with E-state index in [-0.39, 0.29) is 5.91 Å². The number of benzene rings is 1. The molecule has 1 unspecified atom stereocenters. The van der Waals surface area contributed by atoms with Crippen LogP contribution < -0.4 is 0 Å². The van der Waals surface area contributed by atoms with Gasteiger partial charge in [-0.1, -0.05) is 24.2 Å². The van der Waals surface area contributed by atoms with E-state index in [1.165, 1.54) is 32.4 Å². The van der Waals surface area contributed by atoms with Gasteiger partial charge in [0.05, 0.1) is 17.0 Å². The molecule has 162 valence electrons. The third-order valence-corrected chi connectivity index (χ3v) is 7.46. The number of aromatic nitrogens is 1. The maximum atomic E-state index is 13.4. The van der Waals surface area contributed by atoms with Crippen molar-refractivity contribution in [1.82, 2.24) is 15.0 Å². The van der Waals surface area contributed by atoms with Crippen molar-refractivity contribution < 1.29 is 9.32 Å². The molecule has 6 heteroatoms. The second-order valence-electron chi connectivity index (χ2n) is 8.96. The molecule has 1 aromatic heterocycles. The van der Waals surface area contributed by atoms with Crippen molar-refractivity contribution in [1.29, 1.82) is 0 Å². The summed E-state index contributed by atoms with van der Waals surface area (Å²) in [6.07, 6.45) is 4.96. The topological polar surface area (TPSA) is 49.6 Å². The number of hydrogen-bond donors (Lipinski definition) is 0. The van der Waals surface area contributed by atoms with Crippen molar-refractivity contribution >= 4 is 17.7 Å². The van der Waals surface area contributed by atoms with Gasteiger partial charge in [-0.3, -0.25) is 4.79 Å². The molecule has 0 radical (unpaired) electrons. The lowest BCUT2D eigenvalue weighted by molar-refractivity contribution is 0.0619. The van der Waals surface area contributed by atoms with Gasteiger partial charge in [-0.2, -0.15) is 0 Å². The number of likely N-dealkylation sites (tertiary alicyclic amines) is 2. The van der Waals surface area contributed by atoms with Crippen LogP contribution in [0.4, 0.5) is 0 Å². The number of carbonyl (C=O) groups excluding carboxylic acids is 1. The van der Waals surface area contributed by atoms with E-state index in [1.54, 1.807) is 11.8 Å². The van der Waals surface area contributed by atoms with Gasteiger partial charge in [-0.15, -0.1) is 11.8 Å². The third-order valence-electron chi connectivity index (χ3n) is 6.36. The van der Waals surface area contributed by atoms with Gasteiger partial charge in [0.2, 0.25) is 0 Å². The van der Waals surface area contributed by atoms with Gasteiger partial charge < -0.3 is 14.3 Å². The van der Waals surface area contributed by atoms with E-state index in [9.17, 15) is 4.79 Å². The van der Waals surface area contributed by atoms with E-state index in [1.807, 2.05) is 37.3 Å². The molecule has 2 aliphatic rings. The largest absolute Gasteiger partial charge is 0.360 e. The van der Waals surface area contributed by atoms with Gasteiger partial charge in [0.15, 0.2) is 0 Å². The number of piperidine rings is 2. The molecule has 1 atom stereocenters. The van der Waals surface area contributed by atoms with E-state index < -0.39 is 0 Å². The van der Waals surface area contributed by atoms with Crippen molar-refractivity contribution in [3.05, 3.63) is 47.3 Å². The summed E-state index contributed by atoms with van der Waals surface area (Å²) < 4.78 is 5.32. The first kappa shape index (κ1) is 21.4. The standard InChI is InChI=1S/C24H33N3O2S/c1-18-9-12-26(13-10-18)15-20-6-5-11-27(16-20)24(28)22-7-3-4-8-23(22)30-17-21-14-19(2)25-29-21/h3-4,7-8,14,18,20H,5-6,9-13,15-17H2,1-2H3. The van der Waals surface area contributed by atoms with E-state index >= 15 is 0 Å². The summed E-state index contributed by atoms with van der Waals surface area (Å²) in [5, 5.41) is 3.95. The number of carbonyl (C=O) groups is 1. The quantitative estimate of drug-likeness (QED) is 0.616. The molecule has 4 rings (SSSR count). The van der Waals surface area contributed by atoms with E-state index in [0.717, 1.165) is 53.9 Å². The van der Waals surface area contributed by atoms with E-state index in [4.69, 9.17) is 4.52 Å². The predicted octanol–water partition coefficient (Wildman–Crippen LogP) is 4.86. The SMILES string of the molecule is Cc1cc(CSc2ccccc2C(=O)N2CCCC(CN3CCC(C)CC3)C2)on1. The monoisotopic (exact) mass is 427 g/mol. The number of aryl methyl sites for hydroxylation is 1. The number of hydrogen-bond acceptors (Lipinski definition) is 5. The maximum Gasteiger partial charge on any atom is 0.254 e. The molecular weight excluding hydrogens is 394 g/mol. The highest BCUT2D eigenvalue weighted by molar-refractivity contribution is 7.98. The molecule has 2 aliphatic heterocycles. The lowest BCUT2D eigenvalue weighted by Crippen LogP contribution is -2.45. The highest BCUT2D eigenvalue weighted by Crippen LogP contribution is 2.29. The van der Waals surface area contributed by atoms with Crippen LogP contribution in [0, 0.1) is 18.8 Å². The molecule has 1 amide bonds. The van der Waals surface area contributed by atoms with Crippen LogP contribution in [0.3, 0.4) is 0 Å². The zero-order chi connectivity index (χ0) is 20.9. The van der Waals surface area contributed by atoms with Crippen LogP contribution in [0.15, 0.2) is 39.8 Å². The molecule has 0 N–H and O–H groups in total. The lowest BCUT2D eigenvalue weighted by atomic mass is 9.94. The molecule has 2 aromatic rings. The Hall–Kier alpha value is -1.79. The zero-order valence-electron chi connectivity index (χ0n) is 18.2. The lowest BCUT2D eigenvalue weighted by Gasteiger charge is -2.38. The second kappa shape index (κ2) is 10.0. The summed E-state index contributed by atoms with van der Waals surface area (Å²) in [4.78, 5) is 19.1. The van der Waals surface area contributed by atoms with Crippen molar-refractivity contribution in [2.45, 2.75) is 50.2 Å². The highest BCUT2D eigenvalue weighted by Gasteiger charge is 2.28. The molecule has 0 bridgehead atoms. The average Bonchev–Trinajstić information content (AvgIpc) is 3.19. The summed E-state index contributed by atoms with van der Waals surface area (Å²) in [5.41, 5.74) is 1.70. The first-order chi connectivity index (χ1) is 14.6. The minimum atomic E-state index is 0.170. The predicted molar refractivity (Wildman–Crippen MR) is 121 cm³/mol. The zero-order valence-corrected chi connectivity index (χ0v) is 19.0. The third kappa shape index (κ3) is 5.46. The minimum absolute atomic E-state index is 0.170. The summed E-state index contributed by atoms with van der Waals surface area (Å²) in [6, 6.07) is 9.92. The normalized spacial score (nSPS) is 21.1. The summed E-state index contributed by atoms with van der Waals surface area (Å²) >= 11 is 1.65. The molecule has 1 aromatic carbocycles. The van der Waals surface area contributed by atoms with Gasteiger partial charge >= 0.3 is 0 Å². The summed E-state index contributed by atoms with van der Waals surface area (Å²) in [6.45, 7) is 9.59. The Kier molecular flexibility index (Phi) is 7.16. The van der Waals surface area contributed by atoms with Crippen molar-refractivity contribution in [2.75, 3.05) is 32.7 Å². The molecule has 5 nitrogen and oxygen atoms in total. The fourth-order valence-electron chi connectivity index (χ4n) is 4.58. The number of thioether (sulfide) groups is 1. The molecular formula is C24H33N3O2S. The number of rotatable bonds is 6. The van der Waals surface area contributed by atoms with Crippen molar-refractivity contribution in [2.24, 2.45) is 11.8 Å². The van der Waals surface area contributed by atoms with Crippen LogP contribution >= 0.6 is 11.8 Å². The fraction of sp³-hybridized carbons (Fsp3) is 0.583. The van der Waals surface area contributed by atoms with Crippen LogP contribution in [0.25, 0.3) is 0 Å². The van der Waals surface area contributed by atoms with Crippen LogP contribution in [0.1, 0.15) is 54.4 Å². The summed E-state index contributed by atoms with van der Waals surface area (Å²) in [7, 11) is 0. The molecule has 0 aliphatic carbocycles. The Morgan fingerprint density at radius 3 is 2.77 bits per heavy atom. The van der Waals surface area contributed by atoms with Gasteiger partial charge in [0.1, 0.15) is 5.76 Å². The Morgan fingerprint density at radius 1 is 1.20 bits per heavy atom. The molecule has 30 heavy (non-hydrogen) atoms. The van der Waals surface area contributed by atoms with Crippen molar-refractivity contribution in [3.63, 3.8) is 0 Å². The fourth-order valence-corrected chi connectivity index (χ4v) is 5.50. The Labute approximate surface area is 184 Å². The smallest absolute Gasteiger partial charge is 0.254 e. The Balaban J connectivity index is 1.37. The van der Waals surface area contributed by atoms with E-state index in [2.05, 4.69) is 21.9 Å². The van der Waals surface area contributed by atoms with Crippen LogP contribution in [-0.4, -0.2) is 53.6 Å². The van der Waals surface area contributed by atoms with Gasteiger partial charge in [0, 0.05) is 30.6 Å². The first-order valence-electron chi connectivity index (χ1n) is 11.2. The second-order valence-corrected chi connectivity index (χ2v) is 9.98. The number of amides is 1. The summed E-state index contributed by atoms with van der Waals surface area (Å²) in [5.74, 6) is 3.15. The van der Waals surface area contributed by atoms with Gasteiger partial charge in [-0.05, 0) is 69.7 Å². The highest BCUT2D eigenvalue weighted by atomic mass is 32.2. The molecule has 3 heterocycles. The van der Waals surface area contributed by atoms with Crippen LogP contribution in [0.2, 0.25) is 0 Å². The van der Waals surface area contributed by atoms with Crippen molar-refractivity contribution in [3.8, 4) is 0 Å². The maximum absolute atomic E-state index is 13.4. The Morgan fingerprint density at radius 2 is 2.00 bits per heavy atom. The molecule has 0 saturated carbocycles. The van der Waals surface area contributed by atoms with Gasteiger partial charge in [0.25, 0.3) is 5.91 Å². The minimum Gasteiger partial charge on any atom is -0.360 e. The number of nitrogens with zero attached hydrogens (tertiary/aromatic N) is 3. The molecule has 2 saturated heterocycles. The Bertz CT molecular complexity index is 844.